The van der Waals surface area contributed by atoms with Crippen molar-refractivity contribution in [1.29, 1.82) is 0 Å². The fourth-order valence-electron chi connectivity index (χ4n) is 4.00. The van der Waals surface area contributed by atoms with Crippen LogP contribution in [0.1, 0.15) is 93.4 Å². The monoisotopic (exact) mass is 541 g/mol. The lowest BCUT2D eigenvalue weighted by molar-refractivity contribution is -0.137. The number of aliphatic carboxylic acids is 1. The predicted molar refractivity (Wildman–Crippen MR) is 147 cm³/mol. The van der Waals surface area contributed by atoms with Crippen molar-refractivity contribution in [1.82, 2.24) is 26.6 Å². The Morgan fingerprint density at radius 1 is 0.737 bits per heavy atom. The maximum Gasteiger partial charge on any atom is 0.303 e. The zero-order valence-corrected chi connectivity index (χ0v) is 24.3. The lowest BCUT2D eigenvalue weighted by Crippen LogP contribution is -2.56. The first-order valence-electron chi connectivity index (χ1n) is 13.9. The summed E-state index contributed by atoms with van der Waals surface area (Å²) in [7, 11) is 0. The van der Waals surface area contributed by atoms with Gasteiger partial charge in [-0.1, -0.05) is 41.0 Å². The van der Waals surface area contributed by atoms with Crippen LogP contribution in [-0.4, -0.2) is 72.0 Å². The minimum absolute atomic E-state index is 0.00559. The number of carbonyl (C=O) groups excluding carboxylic acids is 4. The first-order chi connectivity index (χ1) is 17.8. The van der Waals surface area contributed by atoms with E-state index in [-0.39, 0.29) is 43.0 Å². The standard InChI is InChI=1S/C27H51N5O6/c1-8-11-21(26(37)30-20(14-17(3)4)16-29-19(7)25(36)28-9-2)32-27(38)22(15-18(5)6)31-23(33)12-10-13-24(34)35/h17-22,29H,8-16H2,1-7H3,(H,28,36)(H,30,37)(H,31,33)(H,32,38)(H,34,35)/t19-,20-,21-,22-/m0/s1. The van der Waals surface area contributed by atoms with Crippen molar-refractivity contribution in [3.63, 3.8) is 0 Å². The lowest BCUT2D eigenvalue weighted by atomic mass is 10.0. The molecule has 220 valence electrons. The maximum atomic E-state index is 13.2. The first kappa shape index (κ1) is 35.3. The molecule has 0 aliphatic heterocycles. The van der Waals surface area contributed by atoms with Crippen LogP contribution in [0, 0.1) is 11.8 Å². The molecule has 0 aromatic heterocycles. The summed E-state index contributed by atoms with van der Waals surface area (Å²) in [5.41, 5.74) is 0. The minimum Gasteiger partial charge on any atom is -0.481 e. The van der Waals surface area contributed by atoms with Crippen molar-refractivity contribution in [2.24, 2.45) is 11.8 Å². The van der Waals surface area contributed by atoms with E-state index < -0.39 is 35.9 Å². The normalized spacial score (nSPS) is 14.3. The van der Waals surface area contributed by atoms with Crippen molar-refractivity contribution in [2.75, 3.05) is 13.1 Å². The molecular formula is C27H51N5O6. The highest BCUT2D eigenvalue weighted by molar-refractivity contribution is 5.92. The highest BCUT2D eigenvalue weighted by atomic mass is 16.4. The van der Waals surface area contributed by atoms with Crippen LogP contribution in [-0.2, 0) is 24.0 Å². The van der Waals surface area contributed by atoms with Crippen LogP contribution in [0.2, 0.25) is 0 Å². The van der Waals surface area contributed by atoms with Gasteiger partial charge in [-0.15, -0.1) is 0 Å². The molecule has 0 saturated heterocycles. The predicted octanol–water partition coefficient (Wildman–Crippen LogP) is 1.70. The number of likely N-dealkylation sites (N-methyl/N-ethyl adjacent to an activating group) is 1. The van der Waals surface area contributed by atoms with Crippen molar-refractivity contribution in [2.45, 2.75) is 118 Å². The third kappa shape index (κ3) is 16.2. The van der Waals surface area contributed by atoms with E-state index in [9.17, 15) is 24.0 Å². The smallest absolute Gasteiger partial charge is 0.303 e. The second kappa shape index (κ2) is 19.4. The third-order valence-corrected chi connectivity index (χ3v) is 5.88. The highest BCUT2D eigenvalue weighted by Crippen LogP contribution is 2.09. The summed E-state index contributed by atoms with van der Waals surface area (Å²) in [5.74, 6) is -1.83. The summed E-state index contributed by atoms with van der Waals surface area (Å²) < 4.78 is 0. The molecule has 0 aliphatic rings. The van der Waals surface area contributed by atoms with Gasteiger partial charge in [0, 0.05) is 32.0 Å². The van der Waals surface area contributed by atoms with Crippen LogP contribution >= 0.6 is 0 Å². The molecule has 0 aromatic carbocycles. The number of carbonyl (C=O) groups is 5. The molecule has 0 aliphatic carbocycles. The van der Waals surface area contributed by atoms with Gasteiger partial charge in [-0.25, -0.2) is 0 Å². The third-order valence-electron chi connectivity index (χ3n) is 5.88. The van der Waals surface area contributed by atoms with Crippen LogP contribution in [0.25, 0.3) is 0 Å². The molecule has 11 nitrogen and oxygen atoms in total. The summed E-state index contributed by atoms with van der Waals surface area (Å²) >= 11 is 0. The van der Waals surface area contributed by atoms with E-state index in [2.05, 4.69) is 26.6 Å². The molecule has 4 amide bonds. The molecule has 11 heteroatoms. The summed E-state index contributed by atoms with van der Waals surface area (Å²) in [6.45, 7) is 14.4. The number of hydrogen-bond acceptors (Lipinski definition) is 6. The Labute approximate surface area is 228 Å². The Hall–Kier alpha value is -2.69. The molecule has 0 rings (SSSR count). The van der Waals surface area contributed by atoms with E-state index in [1.54, 1.807) is 6.92 Å². The molecule has 0 radical (unpaired) electrons. The van der Waals surface area contributed by atoms with Gasteiger partial charge >= 0.3 is 5.97 Å². The quantitative estimate of drug-likeness (QED) is 0.136. The molecule has 0 bridgehead atoms. The van der Waals surface area contributed by atoms with Crippen LogP contribution in [0.3, 0.4) is 0 Å². The van der Waals surface area contributed by atoms with Crippen molar-refractivity contribution >= 4 is 29.6 Å². The fraction of sp³-hybridized carbons (Fsp3) is 0.815. The molecule has 4 atom stereocenters. The molecule has 0 fully saturated rings. The van der Waals surface area contributed by atoms with E-state index in [0.29, 0.717) is 44.7 Å². The van der Waals surface area contributed by atoms with Crippen molar-refractivity contribution in [3.05, 3.63) is 0 Å². The van der Waals surface area contributed by atoms with Gasteiger partial charge < -0.3 is 31.7 Å². The molecule has 0 spiro atoms. The Balaban J connectivity index is 5.33. The number of rotatable bonds is 20. The van der Waals surface area contributed by atoms with Crippen molar-refractivity contribution in [3.8, 4) is 0 Å². The summed E-state index contributed by atoms with van der Waals surface area (Å²) in [5, 5.41) is 23.3. The highest BCUT2D eigenvalue weighted by Gasteiger charge is 2.28. The minimum atomic E-state index is -0.979. The van der Waals surface area contributed by atoms with Crippen molar-refractivity contribution < 1.29 is 29.1 Å². The molecule has 0 saturated carbocycles. The second-order valence-electron chi connectivity index (χ2n) is 10.7. The topological polar surface area (TPSA) is 166 Å². The Kier molecular flexibility index (Phi) is 18.0. The van der Waals surface area contributed by atoms with Gasteiger partial charge in [0.15, 0.2) is 0 Å². The molecule has 0 heterocycles. The number of nitrogens with one attached hydrogen (secondary N) is 5. The fourth-order valence-corrected chi connectivity index (χ4v) is 4.00. The van der Waals surface area contributed by atoms with Gasteiger partial charge in [-0.05, 0) is 51.4 Å². The molecular weight excluding hydrogens is 490 g/mol. The Bertz CT molecular complexity index is 758. The molecule has 0 unspecified atom stereocenters. The van der Waals surface area contributed by atoms with Gasteiger partial charge in [-0.3, -0.25) is 24.0 Å². The molecule has 0 aromatic rings. The summed E-state index contributed by atoms with van der Waals surface area (Å²) in [6.07, 6.45) is 2.23. The Morgan fingerprint density at radius 3 is 1.87 bits per heavy atom. The van der Waals surface area contributed by atoms with E-state index in [4.69, 9.17) is 5.11 Å². The summed E-state index contributed by atoms with van der Waals surface area (Å²) in [6, 6.07) is -2.26. The van der Waals surface area contributed by atoms with Crippen LogP contribution < -0.4 is 26.6 Å². The van der Waals surface area contributed by atoms with Crippen LogP contribution in [0.15, 0.2) is 0 Å². The molecule has 38 heavy (non-hydrogen) atoms. The Morgan fingerprint density at radius 2 is 1.34 bits per heavy atom. The van der Waals surface area contributed by atoms with Crippen LogP contribution in [0.5, 0.6) is 0 Å². The zero-order valence-electron chi connectivity index (χ0n) is 24.3. The van der Waals surface area contributed by atoms with E-state index >= 15 is 0 Å². The van der Waals surface area contributed by atoms with Crippen LogP contribution in [0.4, 0.5) is 0 Å². The number of carboxylic acids is 1. The van der Waals surface area contributed by atoms with Gasteiger partial charge in [0.05, 0.1) is 6.04 Å². The lowest BCUT2D eigenvalue weighted by Gasteiger charge is -2.27. The van der Waals surface area contributed by atoms with Gasteiger partial charge in [0.25, 0.3) is 0 Å². The molecule has 6 N–H and O–H groups in total. The van der Waals surface area contributed by atoms with Gasteiger partial charge in [0.2, 0.25) is 23.6 Å². The van der Waals surface area contributed by atoms with E-state index in [1.165, 1.54) is 0 Å². The van der Waals surface area contributed by atoms with E-state index in [0.717, 1.165) is 0 Å². The van der Waals surface area contributed by atoms with E-state index in [1.807, 2.05) is 41.5 Å². The summed E-state index contributed by atoms with van der Waals surface area (Å²) in [4.78, 5) is 61.5. The number of hydrogen-bond donors (Lipinski definition) is 6. The second-order valence-corrected chi connectivity index (χ2v) is 10.7. The van der Waals surface area contributed by atoms with Gasteiger partial charge in [0.1, 0.15) is 12.1 Å². The maximum absolute atomic E-state index is 13.2. The average Bonchev–Trinajstić information content (AvgIpc) is 2.80. The van der Waals surface area contributed by atoms with Gasteiger partial charge in [-0.2, -0.15) is 0 Å². The zero-order chi connectivity index (χ0) is 29.3. The first-order valence-corrected chi connectivity index (χ1v) is 13.9. The number of carboxylic acid groups (broad SMARTS) is 1. The number of amides is 4. The average molecular weight is 542 g/mol. The largest absolute Gasteiger partial charge is 0.481 e. The SMILES string of the molecule is CCC[C@H](NC(=O)[C@H](CC(C)C)NC(=O)CCCC(=O)O)C(=O)N[C@H](CN[C@@H](C)C(=O)NCC)CC(C)C.